The van der Waals surface area contributed by atoms with E-state index in [4.69, 9.17) is 16.3 Å². The summed E-state index contributed by atoms with van der Waals surface area (Å²) in [5, 5.41) is 11.0. The third-order valence-corrected chi connectivity index (χ3v) is 4.01. The first-order chi connectivity index (χ1) is 9.61. The van der Waals surface area contributed by atoms with Gasteiger partial charge in [0.1, 0.15) is 11.9 Å². The molecule has 1 N–H and O–H groups in total. The van der Waals surface area contributed by atoms with Crippen LogP contribution >= 0.6 is 27.5 Å². The molecule has 2 rings (SSSR count). The summed E-state index contributed by atoms with van der Waals surface area (Å²) >= 11 is 9.38. The van der Waals surface area contributed by atoms with Gasteiger partial charge < -0.3 is 9.84 Å². The van der Waals surface area contributed by atoms with Gasteiger partial charge in [0.25, 0.3) is 0 Å². The maximum absolute atomic E-state index is 10.4. The highest BCUT2D eigenvalue weighted by Crippen LogP contribution is 2.29. The minimum absolute atomic E-state index is 0.563. The summed E-state index contributed by atoms with van der Waals surface area (Å²) in [5.74, 6) is 0.659. The van der Waals surface area contributed by atoms with Crippen LogP contribution in [0, 0.1) is 0 Å². The van der Waals surface area contributed by atoms with Crippen LogP contribution in [0.2, 0.25) is 5.02 Å². The van der Waals surface area contributed by atoms with Crippen LogP contribution in [0.3, 0.4) is 0 Å². The van der Waals surface area contributed by atoms with Crippen molar-refractivity contribution in [3.63, 3.8) is 0 Å². The number of hydrogen-bond acceptors (Lipinski definition) is 3. The minimum Gasteiger partial charge on any atom is -0.492 e. The van der Waals surface area contributed by atoms with Crippen LogP contribution in [0.4, 0.5) is 0 Å². The second-order valence-corrected chi connectivity index (χ2v) is 5.64. The Bertz CT molecular complexity index is 592. The fourth-order valence-electron chi connectivity index (χ4n) is 1.76. The lowest BCUT2D eigenvalue weighted by Gasteiger charge is -2.13. The Morgan fingerprint density at radius 2 is 2.10 bits per heavy atom. The Balaban J connectivity index is 2.23. The van der Waals surface area contributed by atoms with Gasteiger partial charge in [0.15, 0.2) is 0 Å². The first-order valence-electron chi connectivity index (χ1n) is 6.32. The van der Waals surface area contributed by atoms with Gasteiger partial charge in [-0.15, -0.1) is 0 Å². The lowest BCUT2D eigenvalue weighted by molar-refractivity contribution is 0.218. The van der Waals surface area contributed by atoms with Gasteiger partial charge in [-0.05, 0) is 46.1 Å². The van der Waals surface area contributed by atoms with E-state index >= 15 is 0 Å². The summed E-state index contributed by atoms with van der Waals surface area (Å²) in [4.78, 5) is 4.10. The van der Waals surface area contributed by atoms with Gasteiger partial charge in [0.05, 0.1) is 17.8 Å². The molecule has 0 saturated heterocycles. The van der Waals surface area contributed by atoms with Gasteiger partial charge in [-0.1, -0.05) is 24.6 Å². The summed E-state index contributed by atoms with van der Waals surface area (Å²) in [5.41, 5.74) is 1.39. The Morgan fingerprint density at radius 3 is 2.80 bits per heavy atom. The molecule has 0 aliphatic rings. The Hall–Kier alpha value is -1.10. The SMILES string of the molecule is CCCOc1cncc(C(O)c2ccc(Br)c(Cl)c2)c1. The molecule has 5 heteroatoms. The predicted octanol–water partition coefficient (Wildman–Crippen LogP) is 4.37. The molecule has 0 radical (unpaired) electrons. The van der Waals surface area contributed by atoms with Gasteiger partial charge in [-0.2, -0.15) is 0 Å². The highest BCUT2D eigenvalue weighted by molar-refractivity contribution is 9.10. The van der Waals surface area contributed by atoms with Crippen LogP contribution in [0.25, 0.3) is 0 Å². The summed E-state index contributed by atoms with van der Waals surface area (Å²) in [6, 6.07) is 7.16. The van der Waals surface area contributed by atoms with E-state index in [-0.39, 0.29) is 0 Å². The number of pyridine rings is 1. The van der Waals surface area contributed by atoms with E-state index in [1.807, 2.05) is 19.1 Å². The van der Waals surface area contributed by atoms with Crippen molar-refractivity contribution in [2.45, 2.75) is 19.4 Å². The predicted molar refractivity (Wildman–Crippen MR) is 83.2 cm³/mol. The highest BCUT2D eigenvalue weighted by Gasteiger charge is 2.13. The Labute approximate surface area is 131 Å². The van der Waals surface area contributed by atoms with Crippen molar-refractivity contribution < 1.29 is 9.84 Å². The molecule has 1 aromatic carbocycles. The largest absolute Gasteiger partial charge is 0.492 e. The number of nitrogens with zero attached hydrogens (tertiary/aromatic N) is 1. The van der Waals surface area contributed by atoms with Gasteiger partial charge in [-0.25, -0.2) is 0 Å². The maximum Gasteiger partial charge on any atom is 0.137 e. The maximum atomic E-state index is 10.4. The van der Waals surface area contributed by atoms with Crippen molar-refractivity contribution in [2.24, 2.45) is 0 Å². The summed E-state index contributed by atoms with van der Waals surface area (Å²) < 4.78 is 6.32. The molecule has 3 nitrogen and oxygen atoms in total. The average molecular weight is 357 g/mol. The number of benzene rings is 1. The molecule has 0 amide bonds. The molecule has 0 bridgehead atoms. The molecule has 1 heterocycles. The standard InChI is InChI=1S/C15H15BrClNO2/c1-2-5-20-12-6-11(8-18-9-12)15(19)10-3-4-13(16)14(17)7-10/h3-4,6-9,15,19H,2,5H2,1H3. The summed E-state index contributed by atoms with van der Waals surface area (Å²) in [7, 11) is 0. The zero-order chi connectivity index (χ0) is 14.5. The Kier molecular flexibility index (Phi) is 5.40. The molecule has 106 valence electrons. The third-order valence-electron chi connectivity index (χ3n) is 2.78. The monoisotopic (exact) mass is 355 g/mol. The molecular weight excluding hydrogens is 342 g/mol. The van der Waals surface area contributed by atoms with Crippen LogP contribution in [0.1, 0.15) is 30.6 Å². The summed E-state index contributed by atoms with van der Waals surface area (Å²) in [6.07, 6.45) is 3.41. The second kappa shape index (κ2) is 7.07. The van der Waals surface area contributed by atoms with Crippen molar-refractivity contribution in [3.8, 4) is 5.75 Å². The molecule has 0 saturated carbocycles. The molecule has 1 atom stereocenters. The topological polar surface area (TPSA) is 42.4 Å². The number of halogens is 2. The molecular formula is C15H15BrClNO2. The van der Waals surface area contributed by atoms with Crippen LogP contribution < -0.4 is 4.74 Å². The number of aliphatic hydroxyl groups is 1. The van der Waals surface area contributed by atoms with E-state index in [1.165, 1.54) is 0 Å². The fourth-order valence-corrected chi connectivity index (χ4v) is 2.19. The smallest absolute Gasteiger partial charge is 0.137 e. The van der Waals surface area contributed by atoms with Crippen LogP contribution in [0.15, 0.2) is 41.1 Å². The van der Waals surface area contributed by atoms with E-state index in [1.54, 1.807) is 24.5 Å². The zero-order valence-corrected chi connectivity index (χ0v) is 13.4. The second-order valence-electron chi connectivity index (χ2n) is 4.38. The van der Waals surface area contributed by atoms with Crippen molar-refractivity contribution in [2.75, 3.05) is 6.61 Å². The van der Waals surface area contributed by atoms with Gasteiger partial charge in [0, 0.05) is 16.2 Å². The van der Waals surface area contributed by atoms with Crippen molar-refractivity contribution in [3.05, 3.63) is 57.3 Å². The van der Waals surface area contributed by atoms with Crippen molar-refractivity contribution >= 4 is 27.5 Å². The van der Waals surface area contributed by atoms with Crippen LogP contribution in [-0.4, -0.2) is 16.7 Å². The third kappa shape index (κ3) is 3.72. The van der Waals surface area contributed by atoms with Crippen molar-refractivity contribution in [1.29, 1.82) is 0 Å². The van der Waals surface area contributed by atoms with Gasteiger partial charge >= 0.3 is 0 Å². The quantitative estimate of drug-likeness (QED) is 0.865. The summed E-state index contributed by atoms with van der Waals surface area (Å²) in [6.45, 7) is 2.67. The molecule has 1 unspecified atom stereocenters. The van der Waals surface area contributed by atoms with Crippen LogP contribution in [0.5, 0.6) is 5.75 Å². The molecule has 1 aromatic heterocycles. The van der Waals surface area contributed by atoms with E-state index < -0.39 is 6.10 Å². The molecule has 0 aliphatic heterocycles. The normalized spacial score (nSPS) is 12.2. The van der Waals surface area contributed by atoms with Crippen LogP contribution in [-0.2, 0) is 0 Å². The Morgan fingerprint density at radius 1 is 1.30 bits per heavy atom. The molecule has 0 aliphatic carbocycles. The highest BCUT2D eigenvalue weighted by atomic mass is 79.9. The number of rotatable bonds is 5. The molecule has 0 spiro atoms. The van der Waals surface area contributed by atoms with E-state index in [0.717, 1.165) is 10.9 Å². The minimum atomic E-state index is -0.779. The fraction of sp³-hybridized carbons (Fsp3) is 0.267. The molecule has 0 fully saturated rings. The number of aliphatic hydroxyl groups excluding tert-OH is 1. The molecule has 2 aromatic rings. The van der Waals surface area contributed by atoms with E-state index in [2.05, 4.69) is 20.9 Å². The first kappa shape index (κ1) is 15.3. The zero-order valence-electron chi connectivity index (χ0n) is 11.0. The van der Waals surface area contributed by atoms with E-state index in [9.17, 15) is 5.11 Å². The lowest BCUT2D eigenvalue weighted by Crippen LogP contribution is -2.02. The van der Waals surface area contributed by atoms with Crippen molar-refractivity contribution in [1.82, 2.24) is 4.98 Å². The lowest BCUT2D eigenvalue weighted by atomic mass is 10.0. The number of aromatic nitrogens is 1. The van der Waals surface area contributed by atoms with E-state index in [0.29, 0.717) is 28.5 Å². The average Bonchev–Trinajstić information content (AvgIpc) is 2.47. The molecule has 20 heavy (non-hydrogen) atoms. The number of hydrogen-bond donors (Lipinski definition) is 1. The number of ether oxygens (including phenoxy) is 1. The van der Waals surface area contributed by atoms with Gasteiger partial charge in [-0.3, -0.25) is 4.98 Å². The van der Waals surface area contributed by atoms with Gasteiger partial charge in [0.2, 0.25) is 0 Å². The first-order valence-corrected chi connectivity index (χ1v) is 7.49.